The fraction of sp³-hybridized carbons (Fsp3) is 0.586. The highest BCUT2D eigenvalue weighted by Crippen LogP contribution is 2.63. The fourth-order valence-corrected chi connectivity index (χ4v) is 6.74. The minimum absolute atomic E-state index is 0.00462. The van der Waals surface area contributed by atoms with Crippen LogP contribution in [0, 0.1) is 23.7 Å². The van der Waals surface area contributed by atoms with E-state index in [0.29, 0.717) is 18.8 Å². The van der Waals surface area contributed by atoms with E-state index in [-0.39, 0.29) is 41.4 Å². The molecule has 3 fully saturated rings. The second-order valence-electron chi connectivity index (χ2n) is 11.2. The van der Waals surface area contributed by atoms with Gasteiger partial charge < -0.3 is 19.9 Å². The highest BCUT2D eigenvalue weighted by molar-refractivity contribution is 5.94. The van der Waals surface area contributed by atoms with Gasteiger partial charge in [-0.1, -0.05) is 69.2 Å². The molecule has 1 spiro atoms. The van der Waals surface area contributed by atoms with Gasteiger partial charge in [-0.2, -0.15) is 0 Å². The van der Waals surface area contributed by atoms with Crippen molar-refractivity contribution in [3.63, 3.8) is 0 Å². The maximum absolute atomic E-state index is 13.8. The second kappa shape index (κ2) is 9.21. The van der Waals surface area contributed by atoms with Gasteiger partial charge >= 0.3 is 5.97 Å². The molecule has 188 valence electrons. The number of esters is 1. The second-order valence-corrected chi connectivity index (χ2v) is 11.2. The third kappa shape index (κ3) is 4.25. The highest BCUT2D eigenvalue weighted by atomic mass is 16.6. The minimum atomic E-state index is -1.35. The number of ether oxygens (including phenoxy) is 2. The zero-order valence-electron chi connectivity index (χ0n) is 20.9. The van der Waals surface area contributed by atoms with E-state index in [4.69, 9.17) is 9.47 Å². The summed E-state index contributed by atoms with van der Waals surface area (Å²) in [5, 5.41) is 13.5. The van der Waals surface area contributed by atoms with Crippen LogP contribution in [-0.4, -0.2) is 46.4 Å². The molecule has 0 bridgehead atoms. The summed E-state index contributed by atoms with van der Waals surface area (Å²) in [5.41, 5.74) is -0.586. The minimum Gasteiger partial charge on any atom is -0.445 e. The normalized spacial score (nSPS) is 45.1. The van der Waals surface area contributed by atoms with Gasteiger partial charge in [0, 0.05) is 18.0 Å². The molecule has 1 saturated carbocycles. The molecule has 0 unspecified atom stereocenters. The Morgan fingerprint density at radius 1 is 1.11 bits per heavy atom. The van der Waals surface area contributed by atoms with E-state index in [1.165, 1.54) is 12.2 Å². The molecular formula is C29H37NO5. The molecular weight excluding hydrogens is 442 g/mol. The predicted molar refractivity (Wildman–Crippen MR) is 132 cm³/mol. The van der Waals surface area contributed by atoms with Gasteiger partial charge in [-0.3, -0.25) is 4.79 Å². The molecule has 1 aliphatic carbocycles. The summed E-state index contributed by atoms with van der Waals surface area (Å²) in [6.07, 6.45) is 10.1. The molecule has 35 heavy (non-hydrogen) atoms. The zero-order valence-corrected chi connectivity index (χ0v) is 20.9. The van der Waals surface area contributed by atoms with Crippen molar-refractivity contribution in [2.45, 2.75) is 82.3 Å². The number of carbonyl (C=O) groups excluding carboxylic acids is 2. The molecule has 1 aromatic carbocycles. The lowest BCUT2D eigenvalue weighted by molar-refractivity contribution is -0.177. The number of rotatable bonds is 2. The van der Waals surface area contributed by atoms with Gasteiger partial charge in [0.25, 0.3) is 5.91 Å². The van der Waals surface area contributed by atoms with Crippen molar-refractivity contribution in [3.05, 3.63) is 60.2 Å². The fourth-order valence-electron chi connectivity index (χ4n) is 6.74. The summed E-state index contributed by atoms with van der Waals surface area (Å²) in [7, 11) is 0. The van der Waals surface area contributed by atoms with E-state index < -0.39 is 17.7 Å². The number of carbonyl (C=O) groups is 2. The third-order valence-corrected chi connectivity index (χ3v) is 8.85. The van der Waals surface area contributed by atoms with E-state index >= 15 is 0 Å². The number of allylic oxidation sites excluding steroid dienone is 1. The Bertz CT molecular complexity index is 1020. The van der Waals surface area contributed by atoms with E-state index in [9.17, 15) is 14.7 Å². The molecule has 2 N–H and O–H groups in total. The number of aliphatic hydroxyl groups is 1. The molecule has 1 aromatic rings. The van der Waals surface area contributed by atoms with Crippen LogP contribution in [0.3, 0.4) is 0 Å². The molecule has 4 aliphatic rings. The number of fused-ring (bicyclic) bond motifs is 2. The first-order valence-corrected chi connectivity index (χ1v) is 13.0. The molecule has 6 nitrogen and oxygen atoms in total. The number of amides is 1. The highest BCUT2D eigenvalue weighted by Gasteiger charge is 2.78. The van der Waals surface area contributed by atoms with Crippen LogP contribution in [0.1, 0.15) is 52.0 Å². The maximum atomic E-state index is 13.8. The van der Waals surface area contributed by atoms with Crippen LogP contribution in [0.15, 0.2) is 54.6 Å². The van der Waals surface area contributed by atoms with Crippen LogP contribution < -0.4 is 5.32 Å². The van der Waals surface area contributed by atoms with Gasteiger partial charge in [-0.05, 0) is 49.7 Å². The van der Waals surface area contributed by atoms with Gasteiger partial charge in [0.05, 0.1) is 23.7 Å². The van der Waals surface area contributed by atoms with E-state index in [1.807, 2.05) is 18.2 Å². The predicted octanol–water partition coefficient (Wildman–Crippen LogP) is 3.73. The number of hydrogen-bond donors (Lipinski definition) is 2. The Balaban J connectivity index is 1.56. The Morgan fingerprint density at radius 2 is 1.89 bits per heavy atom. The van der Waals surface area contributed by atoms with Crippen LogP contribution in [0.2, 0.25) is 0 Å². The van der Waals surface area contributed by atoms with Gasteiger partial charge in [0.2, 0.25) is 5.60 Å². The van der Waals surface area contributed by atoms with Crippen molar-refractivity contribution >= 4 is 11.9 Å². The number of benzene rings is 1. The molecule has 0 aromatic heterocycles. The first-order valence-electron chi connectivity index (χ1n) is 13.0. The largest absolute Gasteiger partial charge is 0.445 e. The third-order valence-electron chi connectivity index (χ3n) is 8.85. The van der Waals surface area contributed by atoms with Gasteiger partial charge in [-0.15, -0.1) is 0 Å². The Hall–Kier alpha value is -2.44. The molecule has 3 aliphatic heterocycles. The van der Waals surface area contributed by atoms with Crippen molar-refractivity contribution in [2.24, 2.45) is 23.7 Å². The molecule has 0 radical (unpaired) electrons. The van der Waals surface area contributed by atoms with Crippen molar-refractivity contribution in [3.8, 4) is 0 Å². The van der Waals surface area contributed by atoms with E-state index in [2.05, 4.69) is 50.4 Å². The SMILES string of the molecule is C[C@H]1C/C=C/[C@H]2[C@@H]3O[C@]3(C)[C@@H](C)[C@H]3[C@H](Cc4ccccc4)NC(=O)[C@]32OC(=O)/C=C/[C@@H](O)CCC1. The average molecular weight is 480 g/mol. The number of nitrogens with one attached hydrogen (secondary N) is 1. The van der Waals surface area contributed by atoms with Gasteiger partial charge in [0.1, 0.15) is 0 Å². The van der Waals surface area contributed by atoms with Crippen molar-refractivity contribution < 1.29 is 24.2 Å². The molecule has 9 atom stereocenters. The quantitative estimate of drug-likeness (QED) is 0.383. The van der Waals surface area contributed by atoms with Crippen LogP contribution in [0.4, 0.5) is 0 Å². The standard InChI is InChI=1S/C29H37NO5/c1-18-9-7-13-21(31)15-16-24(32)34-29-22(14-8-10-18)26-28(3,35-26)19(2)25(29)23(30-27(29)33)17-20-11-5-4-6-12-20/h4-6,8,11-12,14-16,18-19,21-23,25-26,31H,7,9-10,13,17H2,1-3H3,(H,30,33)/b14-8+,16-15+/t18-,19+,21+,22+,23+,25+,26+,28-,29-/m1/s1. The summed E-state index contributed by atoms with van der Waals surface area (Å²) >= 11 is 0. The lowest BCUT2D eigenvalue weighted by Gasteiger charge is -2.45. The summed E-state index contributed by atoms with van der Waals surface area (Å²) in [4.78, 5) is 26.9. The van der Waals surface area contributed by atoms with Crippen molar-refractivity contribution in [1.82, 2.24) is 5.32 Å². The number of epoxide rings is 1. The maximum Gasteiger partial charge on any atom is 0.331 e. The average Bonchev–Trinajstić information content (AvgIpc) is 3.45. The van der Waals surface area contributed by atoms with Crippen LogP contribution >= 0.6 is 0 Å². The topological polar surface area (TPSA) is 88.2 Å². The van der Waals surface area contributed by atoms with Gasteiger partial charge in [-0.25, -0.2) is 4.79 Å². The lowest BCUT2D eigenvalue weighted by Crippen LogP contribution is -2.61. The van der Waals surface area contributed by atoms with Crippen molar-refractivity contribution in [1.29, 1.82) is 0 Å². The smallest absolute Gasteiger partial charge is 0.331 e. The molecule has 1 amide bonds. The summed E-state index contributed by atoms with van der Waals surface area (Å²) in [6, 6.07) is 9.91. The number of aliphatic hydroxyl groups excluding tert-OH is 1. The zero-order chi connectivity index (χ0) is 24.8. The molecule has 2 saturated heterocycles. The summed E-state index contributed by atoms with van der Waals surface area (Å²) in [6.45, 7) is 6.44. The molecule has 3 heterocycles. The Kier molecular flexibility index (Phi) is 6.39. The first kappa shape index (κ1) is 24.3. The van der Waals surface area contributed by atoms with Crippen LogP contribution in [0.25, 0.3) is 0 Å². The van der Waals surface area contributed by atoms with Crippen LogP contribution in [0.5, 0.6) is 0 Å². The van der Waals surface area contributed by atoms with E-state index in [1.54, 1.807) is 0 Å². The Labute approximate surface area is 207 Å². The van der Waals surface area contributed by atoms with Gasteiger partial charge in [0.15, 0.2) is 0 Å². The summed E-state index contributed by atoms with van der Waals surface area (Å²) < 4.78 is 12.5. The van der Waals surface area contributed by atoms with Crippen molar-refractivity contribution in [2.75, 3.05) is 0 Å². The van der Waals surface area contributed by atoms with Crippen LogP contribution in [-0.2, 0) is 25.5 Å². The molecule has 5 rings (SSSR count). The number of hydrogen-bond acceptors (Lipinski definition) is 5. The monoisotopic (exact) mass is 479 g/mol. The van der Waals surface area contributed by atoms with E-state index in [0.717, 1.165) is 24.8 Å². The summed E-state index contributed by atoms with van der Waals surface area (Å²) in [5.74, 6) is -0.996. The first-order chi connectivity index (χ1) is 16.8. The Morgan fingerprint density at radius 3 is 2.66 bits per heavy atom. The molecule has 6 heteroatoms. The lowest BCUT2D eigenvalue weighted by atomic mass is 9.59.